The monoisotopic (exact) mass is 427 g/mol. The molecule has 0 aliphatic carbocycles. The lowest BCUT2D eigenvalue weighted by Crippen LogP contribution is -2.40. The molecule has 1 amide bonds. The van der Waals surface area contributed by atoms with E-state index in [1.165, 1.54) is 32.1 Å². The van der Waals surface area contributed by atoms with Gasteiger partial charge in [0.05, 0.1) is 6.61 Å². The number of ether oxygens (including phenoxy) is 2. The van der Waals surface area contributed by atoms with E-state index in [4.69, 9.17) is 9.47 Å². The largest absolute Gasteiger partial charge is 0.494 e. The summed E-state index contributed by atoms with van der Waals surface area (Å²) in [5.74, 6) is 0.487. The lowest BCUT2D eigenvalue weighted by Gasteiger charge is -2.31. The molecule has 1 aromatic carbocycles. The summed E-state index contributed by atoms with van der Waals surface area (Å²) in [5.41, 5.74) is 1.37. The van der Waals surface area contributed by atoms with Gasteiger partial charge in [-0.15, -0.1) is 0 Å². The van der Waals surface area contributed by atoms with Crippen molar-refractivity contribution in [2.75, 3.05) is 19.7 Å². The summed E-state index contributed by atoms with van der Waals surface area (Å²) in [6.45, 7) is 9.38. The second-order valence-electron chi connectivity index (χ2n) is 8.23. The van der Waals surface area contributed by atoms with E-state index in [0.29, 0.717) is 31.5 Å². The molecule has 0 saturated carbocycles. The van der Waals surface area contributed by atoms with E-state index >= 15 is 0 Å². The molecular formula is C26H37NO4. The Kier molecular flexibility index (Phi) is 10.9. The minimum atomic E-state index is -0.357. The Morgan fingerprint density at radius 2 is 1.71 bits per heavy atom. The quantitative estimate of drug-likeness (QED) is 0.249. The average Bonchev–Trinajstić information content (AvgIpc) is 2.78. The molecule has 1 fully saturated rings. The molecule has 0 spiro atoms. The summed E-state index contributed by atoms with van der Waals surface area (Å²) < 4.78 is 11.2. The number of benzene rings is 1. The molecule has 0 atom stereocenters. The number of unbranched alkanes of at least 4 members (excludes halogenated alkanes) is 5. The lowest BCUT2D eigenvalue weighted by atomic mass is 10.1. The Morgan fingerprint density at radius 1 is 1.06 bits per heavy atom. The van der Waals surface area contributed by atoms with Gasteiger partial charge < -0.3 is 14.4 Å². The van der Waals surface area contributed by atoms with Gasteiger partial charge in [-0.2, -0.15) is 0 Å². The smallest absolute Gasteiger partial charge is 0.333 e. The van der Waals surface area contributed by atoms with Crippen LogP contribution in [0.25, 0.3) is 6.08 Å². The normalized spacial score (nSPS) is 14.6. The first-order valence-electron chi connectivity index (χ1n) is 11.6. The molecule has 1 heterocycles. The van der Waals surface area contributed by atoms with E-state index in [2.05, 4.69) is 13.5 Å². The molecular weight excluding hydrogens is 390 g/mol. The summed E-state index contributed by atoms with van der Waals surface area (Å²) in [6.07, 6.45) is 12.1. The Balaban J connectivity index is 1.68. The third-order valence-corrected chi connectivity index (χ3v) is 5.44. The van der Waals surface area contributed by atoms with Gasteiger partial charge in [0, 0.05) is 37.6 Å². The maximum atomic E-state index is 12.4. The number of esters is 1. The topological polar surface area (TPSA) is 55.8 Å². The maximum absolute atomic E-state index is 12.4. The van der Waals surface area contributed by atoms with E-state index in [1.54, 1.807) is 17.9 Å². The molecule has 1 saturated heterocycles. The Hall–Kier alpha value is -2.56. The molecule has 0 radical (unpaired) electrons. The van der Waals surface area contributed by atoms with Gasteiger partial charge in [0.25, 0.3) is 0 Å². The van der Waals surface area contributed by atoms with E-state index in [9.17, 15) is 9.59 Å². The predicted octanol–water partition coefficient (Wildman–Crippen LogP) is 5.55. The van der Waals surface area contributed by atoms with Crippen LogP contribution in [-0.2, 0) is 14.3 Å². The van der Waals surface area contributed by atoms with Gasteiger partial charge in [-0.1, -0.05) is 57.7 Å². The number of carbonyl (C=O) groups excluding carboxylic acids is 2. The van der Waals surface area contributed by atoms with E-state index < -0.39 is 0 Å². The summed E-state index contributed by atoms with van der Waals surface area (Å²) in [4.78, 5) is 25.8. The van der Waals surface area contributed by atoms with Gasteiger partial charge >= 0.3 is 5.97 Å². The fraction of sp³-hybridized carbons (Fsp3) is 0.538. The molecule has 2 rings (SSSR count). The molecule has 0 unspecified atom stereocenters. The van der Waals surface area contributed by atoms with Crippen LogP contribution in [0.5, 0.6) is 5.75 Å². The highest BCUT2D eigenvalue weighted by Gasteiger charge is 2.24. The van der Waals surface area contributed by atoms with Crippen molar-refractivity contribution in [1.29, 1.82) is 0 Å². The maximum Gasteiger partial charge on any atom is 0.333 e. The molecule has 1 aliphatic heterocycles. The van der Waals surface area contributed by atoms with Crippen molar-refractivity contribution in [3.05, 3.63) is 48.1 Å². The number of likely N-dealkylation sites (tertiary alicyclic amines) is 1. The van der Waals surface area contributed by atoms with E-state index in [0.717, 1.165) is 24.3 Å². The van der Waals surface area contributed by atoms with Gasteiger partial charge in [0.1, 0.15) is 11.9 Å². The minimum Gasteiger partial charge on any atom is -0.494 e. The average molecular weight is 428 g/mol. The highest BCUT2D eigenvalue weighted by molar-refractivity contribution is 5.92. The standard InChI is InChI=1S/C26H37NO4/c1-4-5-6-7-8-9-20-30-23-13-10-22(11-14-23)12-15-25(28)27-18-16-24(17-19-27)31-26(29)21(2)3/h10-15,24H,2,4-9,16-20H2,1,3H3/b15-12+. The lowest BCUT2D eigenvalue weighted by molar-refractivity contribution is -0.147. The highest BCUT2D eigenvalue weighted by Crippen LogP contribution is 2.17. The van der Waals surface area contributed by atoms with Crippen LogP contribution < -0.4 is 4.74 Å². The van der Waals surface area contributed by atoms with Crippen LogP contribution >= 0.6 is 0 Å². The minimum absolute atomic E-state index is 0.0203. The summed E-state index contributed by atoms with van der Waals surface area (Å²) in [6, 6.07) is 7.82. The Bertz CT molecular complexity index is 730. The van der Waals surface area contributed by atoms with Crippen LogP contribution in [0.1, 0.15) is 70.8 Å². The van der Waals surface area contributed by atoms with Crippen LogP contribution in [-0.4, -0.2) is 42.6 Å². The fourth-order valence-electron chi connectivity index (χ4n) is 3.47. The summed E-state index contributed by atoms with van der Waals surface area (Å²) >= 11 is 0. The predicted molar refractivity (Wildman–Crippen MR) is 125 cm³/mol. The van der Waals surface area contributed by atoms with Crippen molar-refractivity contribution in [1.82, 2.24) is 4.90 Å². The number of nitrogens with zero attached hydrogens (tertiary/aromatic N) is 1. The van der Waals surface area contributed by atoms with Crippen LogP contribution in [0, 0.1) is 0 Å². The second-order valence-corrected chi connectivity index (χ2v) is 8.23. The number of rotatable bonds is 12. The molecule has 0 aromatic heterocycles. The molecule has 0 bridgehead atoms. The van der Waals surface area contributed by atoms with Crippen LogP contribution in [0.2, 0.25) is 0 Å². The van der Waals surface area contributed by atoms with E-state index in [-0.39, 0.29) is 18.0 Å². The first-order valence-corrected chi connectivity index (χ1v) is 11.6. The molecule has 31 heavy (non-hydrogen) atoms. The molecule has 1 aliphatic rings. The Morgan fingerprint density at radius 3 is 2.35 bits per heavy atom. The van der Waals surface area contributed by atoms with Crippen molar-refractivity contribution in [2.24, 2.45) is 0 Å². The van der Waals surface area contributed by atoms with Crippen LogP contribution in [0.3, 0.4) is 0 Å². The van der Waals surface area contributed by atoms with Gasteiger partial charge in [-0.3, -0.25) is 4.79 Å². The van der Waals surface area contributed by atoms with Crippen molar-refractivity contribution in [3.63, 3.8) is 0 Å². The molecule has 0 N–H and O–H groups in total. The number of carbonyl (C=O) groups is 2. The zero-order valence-electron chi connectivity index (χ0n) is 19.1. The number of hydrogen-bond acceptors (Lipinski definition) is 4. The third-order valence-electron chi connectivity index (χ3n) is 5.44. The summed E-state index contributed by atoms with van der Waals surface area (Å²) in [5, 5.41) is 0. The molecule has 5 heteroatoms. The summed E-state index contributed by atoms with van der Waals surface area (Å²) in [7, 11) is 0. The van der Waals surface area contributed by atoms with Crippen LogP contribution in [0.4, 0.5) is 0 Å². The van der Waals surface area contributed by atoms with Crippen molar-refractivity contribution < 1.29 is 19.1 Å². The second kappa shape index (κ2) is 13.7. The highest BCUT2D eigenvalue weighted by atomic mass is 16.5. The number of hydrogen-bond donors (Lipinski definition) is 0. The SMILES string of the molecule is C=C(C)C(=O)OC1CCN(C(=O)/C=C/c2ccc(OCCCCCCCC)cc2)CC1. The van der Waals surface area contributed by atoms with Crippen LogP contribution in [0.15, 0.2) is 42.5 Å². The van der Waals surface area contributed by atoms with Gasteiger partial charge in [0.2, 0.25) is 5.91 Å². The first-order chi connectivity index (χ1) is 15.0. The van der Waals surface area contributed by atoms with Gasteiger partial charge in [-0.05, 0) is 37.1 Å². The fourth-order valence-corrected chi connectivity index (χ4v) is 3.47. The Labute approximate surface area is 187 Å². The van der Waals surface area contributed by atoms with Gasteiger partial charge in [0.15, 0.2) is 0 Å². The molecule has 5 nitrogen and oxygen atoms in total. The van der Waals surface area contributed by atoms with Crippen molar-refractivity contribution in [2.45, 2.75) is 71.3 Å². The van der Waals surface area contributed by atoms with E-state index in [1.807, 2.05) is 30.3 Å². The molecule has 1 aromatic rings. The number of amides is 1. The number of piperidine rings is 1. The van der Waals surface area contributed by atoms with Crippen molar-refractivity contribution >= 4 is 18.0 Å². The third kappa shape index (κ3) is 9.41. The zero-order chi connectivity index (χ0) is 22.5. The first kappa shape index (κ1) is 24.7. The van der Waals surface area contributed by atoms with Crippen molar-refractivity contribution in [3.8, 4) is 5.75 Å². The molecule has 170 valence electrons. The zero-order valence-corrected chi connectivity index (χ0v) is 19.1. The van der Waals surface area contributed by atoms with Gasteiger partial charge in [-0.25, -0.2) is 4.79 Å².